The largest absolute Gasteiger partial charge is 1.00 e. The molecule has 0 radical (unpaired) electrons. The summed E-state index contributed by atoms with van der Waals surface area (Å²) in [6.45, 7) is 24.5. The molecule has 0 aliphatic carbocycles. The molecule has 0 saturated heterocycles. The molecule has 0 amide bonds. The standard InChI is InChI=1S/C49H70N2O4.C43H42N2O4.C26H29N2O2S.BF3.FH.2HI/c1-5-7-9-11-13-15-17-26-35-49(36-27-18-16-14-12-10-8-6-2)42-29-23-25-31-44(42)50(37-34-47(53)54)46(49)33-21-19-20-32-45-48(3,4)41-28-22-24-30-43(41)51(45)38-39-55-40-52;1-42(30-33-16-6-3-7-17-33)35-20-12-14-22-37(35)44(27-26-41(47)48)39(42)24-10-5-11-25-40-43(2,31-34-18-8-4-9-19-34)36-21-13-15-23-38(36)45(40)28-29-49-32-46;1-26(2)23(27(3)22-14-13-20-9-7-8-10-21(20)25(22)26)11-5-4-6-12-24-28(16-18-31-24)15-17-30-19-29;2-1(3)4;;;/h19-25,28-33,40H,5-18,26-27,34-39H2,1-4H3;3-25,32H,26-31H2,1-2H3;4-14,19H,15-18H2,1-3H3;;3*1H/q;;+1;;;;/p-1. The lowest BCUT2D eigenvalue weighted by atomic mass is 9.71. The first kappa shape index (κ1) is 116. The number of carbonyl (C=O) groups excluding carboxylic acids is 3. The SMILES string of the molecule is CC1(Cc2ccccc2)C(/C=C/C=C/C=C2/N(CCOC=O)c3ccccc3C2(C)Cc2ccccc2)=[N+](CCC(=O)O)c2ccccc21.CCCCCCCCCCC1(CCCCCCCCCC)\C(=C/C=C/C=C/C2=[N+](CCOC=O)c3ccccc3C2(C)C)N(CCC(=O)O)c2ccccc21.CN1C(=CC=CC=CC2=[N+](CCOC=O)CCS2)C(C)(C)c2c1ccc1ccccc21.FB(F)F.[F-].[I-].[I-]. The van der Waals surface area contributed by atoms with Gasteiger partial charge in [-0.25, -0.2) is 4.58 Å². The third-order valence-corrected chi connectivity index (χ3v) is 29.0. The maximum absolute atomic E-state index is 12.0. The highest BCUT2D eigenvalue weighted by atomic mass is 127. The van der Waals surface area contributed by atoms with Gasteiger partial charge in [0.2, 0.25) is 16.4 Å². The number of halogens is 6. The van der Waals surface area contributed by atoms with E-state index in [0.29, 0.717) is 58.8 Å². The van der Waals surface area contributed by atoms with E-state index in [9.17, 15) is 47.1 Å². The van der Waals surface area contributed by atoms with Crippen LogP contribution in [0.1, 0.15) is 223 Å². The van der Waals surface area contributed by atoms with Crippen LogP contribution >= 0.6 is 11.8 Å². The fourth-order valence-corrected chi connectivity index (χ4v) is 22.3. The van der Waals surface area contributed by atoms with Gasteiger partial charge in [0.15, 0.2) is 37.6 Å². The van der Waals surface area contributed by atoms with E-state index in [-0.39, 0.29) is 99.2 Å². The smallest absolute Gasteiger partial charge is 0.762 e. The van der Waals surface area contributed by atoms with E-state index in [2.05, 4.69) is 352 Å². The molecule has 16 nitrogen and oxygen atoms in total. The first-order chi connectivity index (χ1) is 67.4. The van der Waals surface area contributed by atoms with Crippen molar-refractivity contribution in [1.29, 1.82) is 0 Å². The van der Waals surface area contributed by atoms with Crippen molar-refractivity contribution in [2.75, 3.05) is 86.6 Å². The summed E-state index contributed by atoms with van der Waals surface area (Å²) in [4.78, 5) is 62.9. The number of benzene rings is 8. The molecule has 6 heterocycles. The lowest BCUT2D eigenvalue weighted by Gasteiger charge is -2.34. The van der Waals surface area contributed by atoms with Gasteiger partial charge in [-0.2, -0.15) is 9.15 Å². The molecule has 8 aromatic carbocycles. The highest BCUT2D eigenvalue weighted by molar-refractivity contribution is 8.14. The lowest BCUT2D eigenvalue weighted by molar-refractivity contribution is -0.518. The van der Waals surface area contributed by atoms with Gasteiger partial charge in [-0.05, 0) is 128 Å². The fraction of sp³-hybridized carbons (Fsp3) is 0.390. The Morgan fingerprint density at radius 3 is 1.45 bits per heavy atom. The number of likely N-dealkylation sites (N-methyl/N-ethyl adjacent to an activating group) is 1. The van der Waals surface area contributed by atoms with Crippen molar-refractivity contribution in [3.05, 3.63) is 341 Å². The van der Waals surface area contributed by atoms with E-state index in [0.717, 1.165) is 78.7 Å². The third-order valence-electron chi connectivity index (χ3n) is 27.9. The number of nitrogens with zero attached hydrogens (tertiary/aromatic N) is 6. The molecule has 0 fully saturated rings. The first-order valence-corrected chi connectivity index (χ1v) is 50.9. The predicted molar refractivity (Wildman–Crippen MR) is 566 cm³/mol. The van der Waals surface area contributed by atoms with Crippen LogP contribution in [0, 0.1) is 0 Å². The zero-order valence-corrected chi connectivity index (χ0v) is 89.2. The van der Waals surface area contributed by atoms with Crippen molar-refractivity contribution in [2.45, 2.75) is 224 Å². The summed E-state index contributed by atoms with van der Waals surface area (Å²) >= 11 is 1.84. The summed E-state index contributed by atoms with van der Waals surface area (Å²) in [5.74, 6) is -0.512. The number of allylic oxidation sites excluding steroid dienone is 17. The van der Waals surface area contributed by atoms with Crippen molar-refractivity contribution >= 4 is 106 Å². The number of para-hydroxylation sites is 4. The molecule has 6 aliphatic rings. The molecule has 142 heavy (non-hydrogen) atoms. The van der Waals surface area contributed by atoms with Crippen LogP contribution in [0.3, 0.4) is 0 Å². The Hall–Kier alpha value is -11.0. The monoisotopic (exact) mass is 2180 g/mol. The normalized spacial score (nSPS) is 17.9. The second-order valence-electron chi connectivity index (χ2n) is 38.0. The molecular weight excluding hydrogens is 2030 g/mol. The number of rotatable bonds is 49. The third kappa shape index (κ3) is 30.3. The minimum absolute atomic E-state index is 0. The Morgan fingerprint density at radius 1 is 0.437 bits per heavy atom. The molecular formula is C118H143BF4I2N6O10S. The lowest BCUT2D eigenvalue weighted by Crippen LogP contribution is -3.00. The van der Waals surface area contributed by atoms with Crippen LogP contribution in [0.2, 0.25) is 0 Å². The number of fused-ring (bicyclic) bond motifs is 7. The number of hydrogen-bond acceptors (Lipinski definition) is 12. The number of aliphatic carboxylic acids is 2. The maximum atomic E-state index is 12.0. The predicted octanol–water partition coefficient (Wildman–Crippen LogP) is 17.3. The molecule has 2 N–H and O–H groups in total. The number of unbranched alkanes of at least 4 members (excludes halogenated alkanes) is 14. The molecule has 756 valence electrons. The number of ether oxygens (including phenoxy) is 3. The van der Waals surface area contributed by atoms with E-state index in [1.54, 1.807) is 0 Å². The second-order valence-corrected chi connectivity index (χ2v) is 39.1. The van der Waals surface area contributed by atoms with Gasteiger partial charge in [0.25, 0.3) is 19.4 Å². The highest BCUT2D eigenvalue weighted by Crippen LogP contribution is 2.56. The van der Waals surface area contributed by atoms with Crippen LogP contribution < -0.4 is 67.4 Å². The van der Waals surface area contributed by atoms with E-state index >= 15 is 0 Å². The molecule has 14 rings (SSSR count). The Balaban J connectivity index is 0.000000261. The number of carboxylic acids is 2. The van der Waals surface area contributed by atoms with E-state index in [1.807, 2.05) is 36.0 Å². The average Bonchev–Trinajstić information content (AvgIpc) is 1.59. The highest BCUT2D eigenvalue weighted by Gasteiger charge is 2.50. The van der Waals surface area contributed by atoms with Crippen molar-refractivity contribution in [2.24, 2.45) is 0 Å². The van der Waals surface area contributed by atoms with Gasteiger partial charge >= 0.3 is 19.5 Å². The van der Waals surface area contributed by atoms with Crippen LogP contribution in [0.5, 0.6) is 0 Å². The summed E-state index contributed by atoms with van der Waals surface area (Å²) in [7, 11) is -1.51. The molecule has 0 bridgehead atoms. The molecule has 2 unspecified atom stereocenters. The molecule has 8 aromatic rings. The van der Waals surface area contributed by atoms with Gasteiger partial charge < -0.3 is 91.8 Å². The van der Waals surface area contributed by atoms with Crippen LogP contribution in [-0.2, 0) is 78.1 Å². The van der Waals surface area contributed by atoms with Gasteiger partial charge in [-0.3, -0.25) is 36.9 Å². The maximum Gasteiger partial charge on any atom is 0.762 e. The Labute approximate surface area is 878 Å². The summed E-state index contributed by atoms with van der Waals surface area (Å²) < 4.78 is 50.8. The number of carboxylic acid groups (broad SMARTS) is 2. The zero-order valence-electron chi connectivity index (χ0n) is 84.1. The van der Waals surface area contributed by atoms with Gasteiger partial charge in [0, 0.05) is 105 Å². The Kier molecular flexibility index (Phi) is 48.1. The van der Waals surface area contributed by atoms with Crippen molar-refractivity contribution in [3.8, 4) is 0 Å². The van der Waals surface area contributed by atoms with E-state index in [1.165, 1.54) is 180 Å². The second kappa shape index (κ2) is 58.7. The van der Waals surface area contributed by atoms with Crippen molar-refractivity contribution in [3.63, 3.8) is 0 Å². The summed E-state index contributed by atoms with van der Waals surface area (Å²) in [6.07, 6.45) is 56.5. The Morgan fingerprint density at radius 2 is 0.880 bits per heavy atom. The summed E-state index contributed by atoms with van der Waals surface area (Å²) in [5.41, 5.74) is 19.6. The quantitative estimate of drug-likeness (QED) is 0.00539. The molecule has 2 atom stereocenters. The minimum Gasteiger partial charge on any atom is -1.00 e. The fourth-order valence-electron chi connectivity index (χ4n) is 21.3. The molecule has 0 spiro atoms. The van der Waals surface area contributed by atoms with Gasteiger partial charge in [-0.15, -0.1) is 0 Å². The summed E-state index contributed by atoms with van der Waals surface area (Å²) in [6, 6.07) is 68.2. The van der Waals surface area contributed by atoms with Crippen LogP contribution in [-0.4, -0.2) is 151 Å². The van der Waals surface area contributed by atoms with Gasteiger partial charge in [0.1, 0.15) is 26.2 Å². The van der Waals surface area contributed by atoms with E-state index < -0.39 is 19.5 Å². The summed E-state index contributed by atoms with van der Waals surface area (Å²) in [5, 5.41) is 23.3. The van der Waals surface area contributed by atoms with Crippen LogP contribution in [0.15, 0.2) is 302 Å². The molecule has 6 aliphatic heterocycles. The molecule has 24 heteroatoms. The topological polar surface area (TPSA) is 172 Å². The number of hydrogen-bond donors (Lipinski definition) is 2. The van der Waals surface area contributed by atoms with Crippen molar-refractivity contribution in [1.82, 2.24) is 0 Å². The molecule has 0 aromatic heterocycles. The zero-order chi connectivity index (χ0) is 99.1. The van der Waals surface area contributed by atoms with Crippen molar-refractivity contribution < 1.29 is 128 Å². The average molecular weight is 2180 g/mol. The van der Waals surface area contributed by atoms with E-state index in [4.69, 9.17) is 14.2 Å². The molecule has 0 saturated carbocycles. The number of anilines is 3. The number of thioether (sulfide) groups is 1. The van der Waals surface area contributed by atoms with Crippen LogP contribution in [0.25, 0.3) is 10.8 Å². The van der Waals surface area contributed by atoms with Gasteiger partial charge in [0.05, 0.1) is 29.5 Å². The van der Waals surface area contributed by atoms with Crippen LogP contribution in [0.4, 0.5) is 41.4 Å². The Bertz CT molecular complexity index is 5830. The number of carbonyl (C=O) groups is 5. The first-order valence-electron chi connectivity index (χ1n) is 49.9. The van der Waals surface area contributed by atoms with Gasteiger partial charge in [-0.1, -0.05) is 361 Å². The minimum atomic E-state index is -3.67.